The fraction of sp³-hybridized carbons (Fsp3) is 0.519. The summed E-state index contributed by atoms with van der Waals surface area (Å²) < 4.78 is 10.4. The van der Waals surface area contributed by atoms with Crippen LogP contribution in [0.1, 0.15) is 97.7 Å². The van der Waals surface area contributed by atoms with Gasteiger partial charge >= 0.3 is 5.97 Å². The number of rotatable bonds is 6. The van der Waals surface area contributed by atoms with Crippen LogP contribution in [-0.4, -0.2) is 30.8 Å². The summed E-state index contributed by atoms with van der Waals surface area (Å²) >= 11 is 0. The van der Waals surface area contributed by atoms with Gasteiger partial charge in [0.2, 0.25) is 5.78 Å². The zero-order valence-corrected chi connectivity index (χ0v) is 20.9. The van der Waals surface area contributed by atoms with Crippen LogP contribution < -0.4 is 5.32 Å². The number of hydrogen-bond donors (Lipinski definition) is 1. The highest BCUT2D eigenvalue weighted by molar-refractivity contribution is 6.09. The molecule has 1 heterocycles. The summed E-state index contributed by atoms with van der Waals surface area (Å²) in [6, 6.07) is 6.29. The molecular weight excluding hydrogens is 418 g/mol. The van der Waals surface area contributed by atoms with E-state index in [-0.39, 0.29) is 34.1 Å². The zero-order chi connectivity index (χ0) is 24.7. The first-order valence-electron chi connectivity index (χ1n) is 11.5. The highest BCUT2D eigenvalue weighted by atomic mass is 16.5. The molecule has 6 heteroatoms. The van der Waals surface area contributed by atoms with Gasteiger partial charge in [-0.05, 0) is 71.4 Å². The summed E-state index contributed by atoms with van der Waals surface area (Å²) in [5, 5.41) is 2.63. The van der Waals surface area contributed by atoms with Gasteiger partial charge in [-0.15, -0.1) is 0 Å². The molecule has 0 aliphatic heterocycles. The first-order valence-corrected chi connectivity index (χ1v) is 11.5. The minimum absolute atomic E-state index is 0.0232. The molecule has 0 spiro atoms. The highest BCUT2D eigenvalue weighted by Crippen LogP contribution is 2.46. The maximum absolute atomic E-state index is 13.3. The Hall–Kier alpha value is -2.89. The number of fused-ring (bicyclic) bond motifs is 1. The maximum atomic E-state index is 13.3. The van der Waals surface area contributed by atoms with Crippen molar-refractivity contribution >= 4 is 17.7 Å². The van der Waals surface area contributed by atoms with E-state index >= 15 is 0 Å². The number of carbonyl (C=O) groups is 3. The summed E-state index contributed by atoms with van der Waals surface area (Å²) in [7, 11) is 1.27. The van der Waals surface area contributed by atoms with Gasteiger partial charge in [-0.25, -0.2) is 4.79 Å². The molecule has 1 unspecified atom stereocenters. The lowest BCUT2D eigenvalue weighted by molar-refractivity contribution is -0.144. The number of nitrogens with one attached hydrogen (secondary N) is 1. The number of methoxy groups -OCH3 is 1. The number of ketones is 1. The number of aryl methyl sites for hydroxylation is 1. The van der Waals surface area contributed by atoms with Crippen molar-refractivity contribution in [1.82, 2.24) is 5.32 Å². The van der Waals surface area contributed by atoms with E-state index in [1.807, 2.05) is 13.0 Å². The molecular formula is C27H35NO5. The van der Waals surface area contributed by atoms with E-state index in [4.69, 9.17) is 9.15 Å². The van der Waals surface area contributed by atoms with Crippen molar-refractivity contribution in [3.05, 3.63) is 58.0 Å². The van der Waals surface area contributed by atoms with Gasteiger partial charge in [0.15, 0.2) is 11.5 Å². The number of furan rings is 1. The predicted octanol–water partition coefficient (Wildman–Crippen LogP) is 5.10. The molecule has 1 aromatic carbocycles. The number of hydrogen-bond acceptors (Lipinski definition) is 5. The lowest BCUT2D eigenvalue weighted by Crippen LogP contribution is -2.44. The van der Waals surface area contributed by atoms with Crippen LogP contribution in [0.25, 0.3) is 0 Å². The molecule has 1 aliphatic rings. The number of esters is 1. The van der Waals surface area contributed by atoms with E-state index in [9.17, 15) is 14.4 Å². The molecule has 1 aromatic heterocycles. The third kappa shape index (κ3) is 4.75. The Bertz CT molecular complexity index is 1090. The van der Waals surface area contributed by atoms with Crippen molar-refractivity contribution in [2.24, 2.45) is 5.92 Å². The Morgan fingerprint density at radius 2 is 1.52 bits per heavy atom. The second-order valence-electron chi connectivity index (χ2n) is 10.7. The summed E-state index contributed by atoms with van der Waals surface area (Å²) in [6.45, 7) is 14.5. The van der Waals surface area contributed by atoms with E-state index in [1.54, 1.807) is 13.8 Å². The van der Waals surface area contributed by atoms with Crippen molar-refractivity contribution < 1.29 is 23.5 Å². The Kier molecular flexibility index (Phi) is 6.60. The largest absolute Gasteiger partial charge is 0.467 e. The summed E-state index contributed by atoms with van der Waals surface area (Å²) in [5.74, 6) is -1.45. The molecule has 6 nitrogen and oxygen atoms in total. The van der Waals surface area contributed by atoms with E-state index < -0.39 is 17.9 Å². The number of benzene rings is 1. The number of amides is 1. The molecule has 0 bridgehead atoms. The van der Waals surface area contributed by atoms with Gasteiger partial charge in [-0.1, -0.05) is 47.6 Å². The first-order chi connectivity index (χ1) is 15.3. The lowest BCUT2D eigenvalue weighted by Gasteiger charge is -2.42. The van der Waals surface area contributed by atoms with Crippen molar-refractivity contribution in [3.8, 4) is 0 Å². The van der Waals surface area contributed by atoms with Gasteiger partial charge in [0.25, 0.3) is 5.91 Å². The standard InChI is InChI=1S/C27H35NO5/c1-15(2)22(25(31)32-8)28-24(30)21-10-9-20(33-21)23(29)17-14-19-18(13-16(17)3)26(4,5)11-12-27(19,6)7/h9-10,13-15,22H,11-12H2,1-8H3,(H,28,30). The minimum atomic E-state index is -0.805. The van der Waals surface area contributed by atoms with Crippen LogP contribution in [0.4, 0.5) is 0 Å². The van der Waals surface area contributed by atoms with Gasteiger partial charge in [0, 0.05) is 5.56 Å². The van der Waals surface area contributed by atoms with Gasteiger partial charge in [0.1, 0.15) is 6.04 Å². The normalized spacial score (nSPS) is 17.2. The first kappa shape index (κ1) is 24.7. The quantitative estimate of drug-likeness (QED) is 0.486. The topological polar surface area (TPSA) is 85.6 Å². The van der Waals surface area contributed by atoms with E-state index in [1.165, 1.54) is 30.4 Å². The average Bonchev–Trinajstić information content (AvgIpc) is 3.24. The molecule has 0 saturated carbocycles. The summed E-state index contributed by atoms with van der Waals surface area (Å²) in [5.41, 5.74) is 3.97. The predicted molar refractivity (Wildman–Crippen MR) is 127 cm³/mol. The van der Waals surface area contributed by atoms with Crippen molar-refractivity contribution in [2.75, 3.05) is 7.11 Å². The van der Waals surface area contributed by atoms with E-state index in [2.05, 4.69) is 39.1 Å². The molecule has 0 radical (unpaired) electrons. The molecule has 1 N–H and O–H groups in total. The monoisotopic (exact) mass is 453 g/mol. The van der Waals surface area contributed by atoms with Crippen LogP contribution >= 0.6 is 0 Å². The SMILES string of the molecule is COC(=O)C(NC(=O)c1ccc(C(=O)c2cc3c(cc2C)C(C)(C)CCC3(C)C)o1)C(C)C. The molecule has 2 aromatic rings. The molecule has 178 valence electrons. The van der Waals surface area contributed by atoms with Crippen LogP contribution in [0, 0.1) is 12.8 Å². The fourth-order valence-corrected chi connectivity index (χ4v) is 4.52. The molecule has 3 rings (SSSR count). The van der Waals surface area contributed by atoms with Gasteiger partial charge in [0.05, 0.1) is 7.11 Å². The minimum Gasteiger partial charge on any atom is -0.467 e. The van der Waals surface area contributed by atoms with Crippen LogP contribution in [0.5, 0.6) is 0 Å². The Morgan fingerprint density at radius 3 is 2.06 bits per heavy atom. The van der Waals surface area contributed by atoms with Crippen molar-refractivity contribution in [2.45, 2.75) is 78.2 Å². The van der Waals surface area contributed by atoms with E-state index in [0.29, 0.717) is 5.56 Å². The number of carbonyl (C=O) groups excluding carboxylic acids is 3. The van der Waals surface area contributed by atoms with Gasteiger partial charge in [-0.2, -0.15) is 0 Å². The van der Waals surface area contributed by atoms with Crippen LogP contribution in [-0.2, 0) is 20.4 Å². The maximum Gasteiger partial charge on any atom is 0.328 e. The molecule has 1 amide bonds. The van der Waals surface area contributed by atoms with Crippen molar-refractivity contribution in [1.29, 1.82) is 0 Å². The molecule has 1 aliphatic carbocycles. The highest BCUT2D eigenvalue weighted by Gasteiger charge is 2.38. The third-order valence-corrected chi connectivity index (χ3v) is 6.90. The Balaban J connectivity index is 1.91. The average molecular weight is 454 g/mol. The molecule has 1 atom stereocenters. The second kappa shape index (κ2) is 8.81. The summed E-state index contributed by atoms with van der Waals surface area (Å²) in [4.78, 5) is 37.9. The molecule has 0 saturated heterocycles. The van der Waals surface area contributed by atoms with Crippen LogP contribution in [0.3, 0.4) is 0 Å². The summed E-state index contributed by atoms with van der Waals surface area (Å²) in [6.07, 6.45) is 2.14. The van der Waals surface area contributed by atoms with Crippen LogP contribution in [0.15, 0.2) is 28.7 Å². The number of ether oxygens (including phenoxy) is 1. The van der Waals surface area contributed by atoms with Gasteiger partial charge < -0.3 is 14.5 Å². The fourth-order valence-electron chi connectivity index (χ4n) is 4.52. The van der Waals surface area contributed by atoms with Crippen LogP contribution in [0.2, 0.25) is 0 Å². The van der Waals surface area contributed by atoms with Crippen molar-refractivity contribution in [3.63, 3.8) is 0 Å². The lowest BCUT2D eigenvalue weighted by atomic mass is 9.62. The Labute approximate surface area is 196 Å². The van der Waals surface area contributed by atoms with Gasteiger partial charge in [-0.3, -0.25) is 9.59 Å². The zero-order valence-electron chi connectivity index (χ0n) is 20.9. The molecule has 33 heavy (non-hydrogen) atoms. The Morgan fingerprint density at radius 1 is 0.970 bits per heavy atom. The smallest absolute Gasteiger partial charge is 0.328 e. The second-order valence-corrected chi connectivity index (χ2v) is 10.7. The third-order valence-electron chi connectivity index (χ3n) is 6.90. The molecule has 0 fully saturated rings. The van der Waals surface area contributed by atoms with E-state index in [0.717, 1.165) is 18.4 Å².